The lowest BCUT2D eigenvalue weighted by atomic mass is 9.89. The van der Waals surface area contributed by atoms with Gasteiger partial charge in [-0.2, -0.15) is 8.78 Å². The topological polar surface area (TPSA) is 49.8 Å². The van der Waals surface area contributed by atoms with Crippen molar-refractivity contribution in [1.82, 2.24) is 0 Å². The van der Waals surface area contributed by atoms with Crippen molar-refractivity contribution < 1.29 is 41.0 Å². The normalized spacial score (nSPS) is 22.3. The number of carbonyl (C=O) groups is 1. The van der Waals surface area contributed by atoms with Gasteiger partial charge in [0.1, 0.15) is 12.4 Å². The summed E-state index contributed by atoms with van der Waals surface area (Å²) in [6.45, 7) is 3.22. The Hall–Kier alpha value is -1.43. The Morgan fingerprint density at radius 2 is 1.81 bits per heavy atom. The smallest absolute Gasteiger partial charge is 0.312 e. The summed E-state index contributed by atoms with van der Waals surface area (Å²) >= 11 is 1.54. The summed E-state index contributed by atoms with van der Waals surface area (Å²) < 4.78 is 91.8. The average Bonchev–Trinajstić information content (AvgIpc) is 2.87. The van der Waals surface area contributed by atoms with Crippen LogP contribution >= 0.6 is 23.5 Å². The van der Waals surface area contributed by atoms with Crippen LogP contribution in [0.5, 0.6) is 5.75 Å². The van der Waals surface area contributed by atoms with Gasteiger partial charge in [-0.1, -0.05) is 0 Å². The van der Waals surface area contributed by atoms with Gasteiger partial charge < -0.3 is 14.7 Å². The Kier molecular flexibility index (Phi) is 8.94. The number of thioether (sulfide) groups is 2. The van der Waals surface area contributed by atoms with Gasteiger partial charge in [-0.25, -0.2) is 17.6 Å². The Morgan fingerprint density at radius 1 is 1.19 bits per heavy atom. The van der Waals surface area contributed by atoms with Crippen molar-refractivity contribution in [2.45, 2.75) is 92.2 Å². The molecule has 1 heterocycles. The number of rotatable bonds is 9. The number of carboxylic acid groups (broad SMARTS) is 1. The molecule has 0 radical (unpaired) electrons. The van der Waals surface area contributed by atoms with Crippen molar-refractivity contribution in [3.05, 3.63) is 12.1 Å². The number of benzene rings is 1. The second kappa shape index (κ2) is 11.0. The van der Waals surface area contributed by atoms with Crippen molar-refractivity contribution >= 4 is 35.2 Å². The summed E-state index contributed by atoms with van der Waals surface area (Å²) in [7, 11) is 0. The first-order valence-corrected chi connectivity index (χ1v) is 14.2. The molecule has 12 heteroatoms. The number of alkyl halides is 6. The zero-order chi connectivity index (χ0) is 27.8. The van der Waals surface area contributed by atoms with Gasteiger partial charge in [0, 0.05) is 36.7 Å². The molecule has 0 aromatic heterocycles. The highest BCUT2D eigenvalue weighted by Crippen LogP contribution is 2.54. The average molecular weight is 574 g/mol. The van der Waals surface area contributed by atoms with Crippen LogP contribution < -0.4 is 9.64 Å². The zero-order valence-electron chi connectivity index (χ0n) is 21.3. The second-order valence-electron chi connectivity index (χ2n) is 10.7. The maximum absolute atomic E-state index is 15.5. The molecular weight excluding hydrogens is 540 g/mol. The minimum Gasteiger partial charge on any atom is -0.491 e. The minimum absolute atomic E-state index is 0.0962. The zero-order valence-corrected chi connectivity index (χ0v) is 22.9. The third kappa shape index (κ3) is 7.58. The highest BCUT2D eigenvalue weighted by atomic mass is 32.2. The molecule has 1 aliphatic carbocycles. The highest BCUT2D eigenvalue weighted by Gasteiger charge is 2.48. The number of fused-ring (bicyclic) bond motifs is 1. The molecule has 0 bridgehead atoms. The van der Waals surface area contributed by atoms with Crippen LogP contribution in [-0.4, -0.2) is 53.6 Å². The first-order chi connectivity index (χ1) is 16.9. The number of aliphatic carboxylic acids is 1. The number of ether oxygens (including phenoxy) is 1. The number of hydrogen-bond acceptors (Lipinski definition) is 5. The van der Waals surface area contributed by atoms with Crippen LogP contribution in [0.1, 0.15) is 59.3 Å². The molecule has 37 heavy (non-hydrogen) atoms. The first-order valence-electron chi connectivity index (χ1n) is 12.1. The number of carboxylic acids is 1. The fourth-order valence-electron chi connectivity index (χ4n) is 4.47. The van der Waals surface area contributed by atoms with Gasteiger partial charge in [0.05, 0.1) is 21.9 Å². The van der Waals surface area contributed by atoms with E-state index in [0.29, 0.717) is 17.5 Å². The van der Waals surface area contributed by atoms with E-state index < -0.39 is 53.3 Å². The van der Waals surface area contributed by atoms with Crippen molar-refractivity contribution in [1.29, 1.82) is 0 Å². The van der Waals surface area contributed by atoms with E-state index in [4.69, 9.17) is 4.74 Å². The maximum atomic E-state index is 15.5. The lowest BCUT2D eigenvalue weighted by Gasteiger charge is -2.40. The third-order valence-electron chi connectivity index (χ3n) is 6.92. The maximum Gasteiger partial charge on any atom is 0.312 e. The molecule has 0 saturated heterocycles. The van der Waals surface area contributed by atoms with Crippen molar-refractivity contribution in [2.24, 2.45) is 11.3 Å². The number of hydrogen-bond donors (Lipinski definition) is 1. The van der Waals surface area contributed by atoms with Crippen LogP contribution in [0.2, 0.25) is 0 Å². The highest BCUT2D eigenvalue weighted by molar-refractivity contribution is 8.00. The first kappa shape index (κ1) is 30.1. The fraction of sp³-hybridized carbons (Fsp3) is 0.720. The van der Waals surface area contributed by atoms with E-state index in [1.165, 1.54) is 31.7 Å². The Labute approximate surface area is 221 Å². The Morgan fingerprint density at radius 3 is 2.35 bits per heavy atom. The van der Waals surface area contributed by atoms with Crippen LogP contribution in [0.4, 0.5) is 32.0 Å². The summed E-state index contributed by atoms with van der Waals surface area (Å²) in [4.78, 5) is 13.9. The van der Waals surface area contributed by atoms with E-state index in [9.17, 15) is 27.5 Å². The molecular formula is C25H33F6NO3S2. The molecule has 1 N–H and O–H groups in total. The van der Waals surface area contributed by atoms with Gasteiger partial charge in [-0.05, 0) is 70.2 Å². The molecule has 1 aliphatic heterocycles. The molecule has 1 aromatic carbocycles. The van der Waals surface area contributed by atoms with Crippen LogP contribution in [-0.2, 0) is 4.79 Å². The van der Waals surface area contributed by atoms with Crippen LogP contribution in [0, 0.1) is 11.3 Å². The lowest BCUT2D eigenvalue weighted by molar-refractivity contribution is -0.148. The molecule has 0 spiro atoms. The number of anilines is 1. The van der Waals surface area contributed by atoms with Gasteiger partial charge in [0.2, 0.25) is 11.8 Å². The fourth-order valence-corrected chi connectivity index (χ4v) is 6.12. The van der Waals surface area contributed by atoms with E-state index in [2.05, 4.69) is 0 Å². The van der Waals surface area contributed by atoms with Gasteiger partial charge in [-0.3, -0.25) is 4.79 Å². The van der Waals surface area contributed by atoms with Gasteiger partial charge >= 0.3 is 11.2 Å². The molecule has 210 valence electrons. The summed E-state index contributed by atoms with van der Waals surface area (Å²) in [5.41, 5.74) is -0.796. The number of nitrogens with zero attached hydrogens (tertiary/aromatic N) is 1. The molecule has 1 aromatic rings. The Balaban J connectivity index is 2.02. The van der Waals surface area contributed by atoms with Gasteiger partial charge in [0.15, 0.2) is 0 Å². The largest absolute Gasteiger partial charge is 0.491 e. The molecule has 0 amide bonds. The molecule has 3 rings (SSSR count). The van der Waals surface area contributed by atoms with E-state index in [0.717, 1.165) is 0 Å². The van der Waals surface area contributed by atoms with Crippen molar-refractivity contribution in [2.75, 3.05) is 24.3 Å². The van der Waals surface area contributed by atoms with E-state index >= 15 is 8.78 Å². The molecule has 1 saturated carbocycles. The molecule has 1 fully saturated rings. The quantitative estimate of drug-likeness (QED) is 0.238. The summed E-state index contributed by atoms with van der Waals surface area (Å²) in [5, 5.41) is 6.00. The molecule has 1 atom stereocenters. The molecule has 4 nitrogen and oxygen atoms in total. The van der Waals surface area contributed by atoms with E-state index in [1.54, 1.807) is 17.2 Å². The van der Waals surface area contributed by atoms with Crippen molar-refractivity contribution in [3.8, 4) is 5.75 Å². The lowest BCUT2D eigenvalue weighted by Crippen LogP contribution is -2.45. The molecule has 2 aliphatic rings. The van der Waals surface area contributed by atoms with E-state index in [1.807, 2.05) is 0 Å². The van der Waals surface area contributed by atoms with E-state index in [-0.39, 0.29) is 61.2 Å². The van der Waals surface area contributed by atoms with Gasteiger partial charge in [0.25, 0.3) is 0 Å². The molecule has 1 unspecified atom stereocenters. The monoisotopic (exact) mass is 573 g/mol. The van der Waals surface area contributed by atoms with Crippen LogP contribution in [0.3, 0.4) is 0 Å². The summed E-state index contributed by atoms with van der Waals surface area (Å²) in [6.07, 6.45) is 0.0694. The summed E-state index contributed by atoms with van der Waals surface area (Å²) in [5.74, 6) is -8.19. The third-order valence-corrected chi connectivity index (χ3v) is 8.83. The van der Waals surface area contributed by atoms with Crippen molar-refractivity contribution in [3.63, 3.8) is 0 Å². The standard InChI is InChI=1S/C25H33F6NO3S2/c1-22(2,21(33)34)14-35-18-12-19-17(11-20(18)36-4)32(16-6-9-24(28,29)10-7-16)13-15(25(30,31)37-19)5-8-23(3,26)27/h11-12,15-16H,5-10,13-14H2,1-4H3,(H,33,34). The Bertz CT molecular complexity index is 976. The minimum atomic E-state index is -3.40. The SMILES string of the molecule is CSc1cc2c(cc1OCC(C)(C)C(=O)O)SC(F)(F)C(CCC(C)(F)F)CN2C1CCC(F)(F)CC1. The van der Waals surface area contributed by atoms with Crippen LogP contribution in [0.25, 0.3) is 0 Å². The second-order valence-corrected chi connectivity index (χ2v) is 12.7. The van der Waals surface area contributed by atoms with Gasteiger partial charge in [-0.15, -0.1) is 11.8 Å². The number of halogens is 6. The predicted octanol–water partition coefficient (Wildman–Crippen LogP) is 8.03. The van der Waals surface area contributed by atoms with Crippen LogP contribution in [0.15, 0.2) is 21.9 Å². The summed E-state index contributed by atoms with van der Waals surface area (Å²) in [6, 6.07) is 2.65. The predicted molar refractivity (Wildman–Crippen MR) is 134 cm³/mol.